The van der Waals surface area contributed by atoms with Crippen LogP contribution < -0.4 is 11.2 Å². The Morgan fingerprint density at radius 1 is 1.35 bits per heavy atom. The first-order valence-corrected chi connectivity index (χ1v) is 11.1. The highest BCUT2D eigenvalue weighted by Crippen LogP contribution is 2.48. The van der Waals surface area contributed by atoms with Gasteiger partial charge >= 0.3 is 19.5 Å². The lowest BCUT2D eigenvalue weighted by molar-refractivity contribution is -0.159. The molecule has 176 valence electrons. The molecule has 1 aliphatic rings. The van der Waals surface area contributed by atoms with Gasteiger partial charge in [-0.1, -0.05) is 0 Å². The Hall–Kier alpha value is -1.82. The number of H-pyrrole nitrogens is 1. The number of aromatic nitrogens is 2. The molecule has 0 radical (unpaired) electrons. The molecule has 2 rings (SSSR count). The van der Waals surface area contributed by atoms with Crippen molar-refractivity contribution in [1.29, 1.82) is 0 Å². The fourth-order valence-electron chi connectivity index (χ4n) is 2.74. The van der Waals surface area contributed by atoms with Crippen LogP contribution in [-0.4, -0.2) is 59.6 Å². The van der Waals surface area contributed by atoms with Crippen LogP contribution in [0.3, 0.4) is 0 Å². The molecule has 1 aliphatic heterocycles. The number of rotatable bonds is 9. The molecule has 31 heavy (non-hydrogen) atoms. The van der Waals surface area contributed by atoms with Crippen molar-refractivity contribution in [2.75, 3.05) is 26.9 Å². The van der Waals surface area contributed by atoms with E-state index in [1.807, 2.05) is 0 Å². The first kappa shape index (κ1) is 25.4. The Morgan fingerprint density at radius 3 is 2.65 bits per heavy atom. The molecule has 1 unspecified atom stereocenters. The van der Waals surface area contributed by atoms with Crippen molar-refractivity contribution in [3.63, 3.8) is 0 Å². The van der Waals surface area contributed by atoms with E-state index in [9.17, 15) is 23.8 Å². The minimum atomic E-state index is -4.48. The van der Waals surface area contributed by atoms with Crippen LogP contribution in [0.5, 0.6) is 0 Å². The molecular formula is C18H29N2O10P. The second-order valence-corrected chi connectivity index (χ2v) is 9.54. The predicted molar refractivity (Wildman–Crippen MR) is 108 cm³/mol. The fraction of sp³-hybridized carbons (Fsp3) is 0.722. The highest BCUT2D eigenvalue weighted by molar-refractivity contribution is 7.47. The minimum absolute atomic E-state index is 0.0265. The van der Waals surface area contributed by atoms with Gasteiger partial charge in [-0.25, -0.2) is 9.36 Å². The molecule has 1 saturated heterocycles. The number of carbonyl (C=O) groups excluding carboxylic acids is 1. The number of hydrogen-bond donors (Lipinski definition) is 2. The molecule has 1 aromatic rings. The van der Waals surface area contributed by atoms with Crippen molar-refractivity contribution >= 4 is 13.8 Å². The predicted octanol–water partition coefficient (Wildman–Crippen LogP) is 0.870. The van der Waals surface area contributed by atoms with E-state index >= 15 is 0 Å². The summed E-state index contributed by atoms with van der Waals surface area (Å²) in [6, 6.07) is 0. The largest absolute Gasteiger partial charge is 0.472 e. The number of phosphoric ester groups is 1. The monoisotopic (exact) mass is 464 g/mol. The zero-order chi connectivity index (χ0) is 23.4. The summed E-state index contributed by atoms with van der Waals surface area (Å²) in [4.78, 5) is 48.1. The van der Waals surface area contributed by atoms with Crippen molar-refractivity contribution in [3.05, 3.63) is 32.6 Å². The number of phosphoric acid groups is 1. The van der Waals surface area contributed by atoms with Gasteiger partial charge < -0.3 is 19.1 Å². The molecule has 4 atom stereocenters. The normalized spacial score (nSPS) is 23.5. The summed E-state index contributed by atoms with van der Waals surface area (Å²) in [5, 5.41) is 0. The number of methoxy groups -OCH3 is 1. The first-order valence-electron chi connectivity index (χ1n) is 9.63. The van der Waals surface area contributed by atoms with Gasteiger partial charge in [-0.3, -0.25) is 28.2 Å². The number of hydrogen-bond acceptors (Lipinski definition) is 9. The summed E-state index contributed by atoms with van der Waals surface area (Å²) in [6.07, 6.45) is -1.62. The molecule has 2 N–H and O–H groups in total. The van der Waals surface area contributed by atoms with Crippen LogP contribution in [0.1, 0.15) is 39.0 Å². The van der Waals surface area contributed by atoms with E-state index in [4.69, 9.17) is 23.3 Å². The van der Waals surface area contributed by atoms with Crippen molar-refractivity contribution in [3.8, 4) is 0 Å². The van der Waals surface area contributed by atoms with Crippen LogP contribution in [-0.2, 0) is 32.6 Å². The van der Waals surface area contributed by atoms with Crippen LogP contribution in [0.4, 0.5) is 0 Å². The maximum absolute atomic E-state index is 12.3. The van der Waals surface area contributed by atoms with Crippen molar-refractivity contribution < 1.29 is 37.5 Å². The average molecular weight is 464 g/mol. The maximum atomic E-state index is 12.3. The van der Waals surface area contributed by atoms with Crippen LogP contribution in [0, 0.1) is 12.3 Å². The molecule has 1 aromatic heterocycles. The average Bonchev–Trinajstić information content (AvgIpc) is 3.03. The Kier molecular flexibility index (Phi) is 8.37. The standard InChI is InChI=1S/C18H29N2O10P/c1-11-9-20(17(23)19-15(11)21)14-8-12(30-31(24,25)28-7-6-26-5)13(29-14)10-27-16(22)18(2,3)4/h9,12-14H,6-8,10H2,1-5H3,(H,24,25)(H,19,21,23)/t12-,13+,14+/m0/s1. The Bertz CT molecular complexity index is 934. The smallest absolute Gasteiger partial charge is 0.462 e. The number of nitrogens with one attached hydrogen (secondary N) is 1. The zero-order valence-electron chi connectivity index (χ0n) is 18.2. The van der Waals surface area contributed by atoms with Crippen LogP contribution in [0.15, 0.2) is 15.8 Å². The van der Waals surface area contributed by atoms with Gasteiger partial charge in [0.05, 0.1) is 18.6 Å². The van der Waals surface area contributed by atoms with Gasteiger partial charge in [0.2, 0.25) is 0 Å². The summed E-state index contributed by atoms with van der Waals surface area (Å²) in [5.41, 5.74) is -1.74. The summed E-state index contributed by atoms with van der Waals surface area (Å²) in [7, 11) is -3.07. The fourth-order valence-corrected chi connectivity index (χ4v) is 3.67. The highest BCUT2D eigenvalue weighted by Gasteiger charge is 2.43. The molecule has 13 heteroatoms. The Balaban J connectivity index is 2.21. The number of esters is 1. The third-order valence-corrected chi connectivity index (χ3v) is 5.48. The van der Waals surface area contributed by atoms with Crippen LogP contribution >= 0.6 is 7.82 Å². The Morgan fingerprint density at radius 2 is 2.03 bits per heavy atom. The highest BCUT2D eigenvalue weighted by atomic mass is 31.2. The van der Waals surface area contributed by atoms with Crippen molar-refractivity contribution in [2.24, 2.45) is 5.41 Å². The minimum Gasteiger partial charge on any atom is -0.462 e. The van der Waals surface area contributed by atoms with Gasteiger partial charge in [0.25, 0.3) is 5.56 Å². The lowest BCUT2D eigenvalue weighted by atomic mass is 9.97. The van der Waals surface area contributed by atoms with Gasteiger partial charge in [0.1, 0.15) is 25.0 Å². The second kappa shape index (κ2) is 10.2. The summed E-state index contributed by atoms with van der Waals surface area (Å²) >= 11 is 0. The second-order valence-electron chi connectivity index (χ2n) is 8.13. The lowest BCUT2D eigenvalue weighted by Crippen LogP contribution is -2.34. The van der Waals surface area contributed by atoms with E-state index in [1.54, 1.807) is 20.8 Å². The van der Waals surface area contributed by atoms with E-state index in [2.05, 4.69) is 4.98 Å². The van der Waals surface area contributed by atoms with E-state index in [-0.39, 0.29) is 31.8 Å². The quantitative estimate of drug-likeness (QED) is 0.305. The molecule has 0 saturated carbocycles. The first-order chi connectivity index (χ1) is 14.3. The molecule has 0 aliphatic carbocycles. The molecule has 1 fully saturated rings. The molecule has 0 bridgehead atoms. The molecule has 0 aromatic carbocycles. The third kappa shape index (κ3) is 7.09. The van der Waals surface area contributed by atoms with Gasteiger partial charge in [-0.15, -0.1) is 0 Å². The van der Waals surface area contributed by atoms with Crippen LogP contribution in [0.25, 0.3) is 0 Å². The van der Waals surface area contributed by atoms with Crippen molar-refractivity contribution in [2.45, 2.75) is 52.6 Å². The number of ether oxygens (including phenoxy) is 3. The summed E-state index contributed by atoms with van der Waals surface area (Å²) in [6.45, 7) is 6.18. The van der Waals surface area contributed by atoms with E-state index in [0.717, 1.165) is 4.57 Å². The molecule has 12 nitrogen and oxygen atoms in total. The maximum Gasteiger partial charge on any atom is 0.472 e. The topological polar surface area (TPSA) is 155 Å². The zero-order valence-corrected chi connectivity index (χ0v) is 19.0. The van der Waals surface area contributed by atoms with E-state index < -0.39 is 48.9 Å². The summed E-state index contributed by atoms with van der Waals surface area (Å²) < 4.78 is 39.4. The Labute approximate surface area is 179 Å². The lowest BCUT2D eigenvalue weighted by Gasteiger charge is -2.23. The van der Waals surface area contributed by atoms with Crippen molar-refractivity contribution in [1.82, 2.24) is 9.55 Å². The van der Waals surface area contributed by atoms with Gasteiger partial charge in [0, 0.05) is 25.3 Å². The van der Waals surface area contributed by atoms with Gasteiger partial charge in [-0.2, -0.15) is 0 Å². The molecule has 0 amide bonds. The number of aromatic amines is 1. The van der Waals surface area contributed by atoms with E-state index in [0.29, 0.717) is 0 Å². The number of aryl methyl sites for hydroxylation is 1. The SMILES string of the molecule is COCCOP(=O)(O)O[C@H]1C[C@H](n2cc(C)c(=O)[nH]c2=O)O[C@@H]1COC(=O)C(C)(C)C. The molecule has 2 heterocycles. The summed E-state index contributed by atoms with van der Waals surface area (Å²) in [5.74, 6) is -0.501. The third-order valence-electron chi connectivity index (χ3n) is 4.44. The van der Waals surface area contributed by atoms with Crippen LogP contribution in [0.2, 0.25) is 0 Å². The van der Waals surface area contributed by atoms with Gasteiger partial charge in [0.15, 0.2) is 0 Å². The van der Waals surface area contributed by atoms with Gasteiger partial charge in [-0.05, 0) is 27.7 Å². The molecular weight excluding hydrogens is 435 g/mol. The number of carbonyl (C=O) groups is 1. The van der Waals surface area contributed by atoms with E-state index in [1.165, 1.54) is 20.2 Å². The number of nitrogens with zero attached hydrogens (tertiary/aromatic N) is 1. The molecule has 0 spiro atoms.